The molecule has 1 aliphatic carbocycles. The number of ketones is 2. The third-order valence-corrected chi connectivity index (χ3v) is 1.38. The molecule has 0 aromatic heterocycles. The number of carboxylic acid groups (broad SMARTS) is 2. The second-order valence-corrected chi connectivity index (χ2v) is 2.76. The molecule has 0 saturated carbocycles. The minimum Gasteiger partial charge on any atom is -0.481 e. The summed E-state index contributed by atoms with van der Waals surface area (Å²) in [6, 6.07) is 0. The lowest BCUT2D eigenvalue weighted by atomic mass is 10.2. The SMILES string of the molecule is O=C(O)CCC(=O)O.O=C1C=CC(=O)C=C1. The van der Waals surface area contributed by atoms with Crippen LogP contribution >= 0.6 is 0 Å². The maximum absolute atomic E-state index is 10.3. The van der Waals surface area contributed by atoms with Crippen LogP contribution in [0.25, 0.3) is 0 Å². The summed E-state index contributed by atoms with van der Waals surface area (Å²) in [4.78, 5) is 39.8. The fraction of sp³-hybridized carbons (Fsp3) is 0.200. The number of carboxylic acids is 2. The number of hydrogen-bond donors (Lipinski definition) is 2. The Morgan fingerprint density at radius 2 is 1.06 bits per heavy atom. The molecule has 0 radical (unpaired) electrons. The lowest BCUT2D eigenvalue weighted by Crippen LogP contribution is -2.00. The molecule has 0 bridgehead atoms. The van der Waals surface area contributed by atoms with Gasteiger partial charge in [-0.1, -0.05) is 0 Å². The van der Waals surface area contributed by atoms with Crippen LogP contribution in [-0.4, -0.2) is 33.7 Å². The first kappa shape index (κ1) is 13.8. The van der Waals surface area contributed by atoms with Crippen molar-refractivity contribution < 1.29 is 29.4 Å². The van der Waals surface area contributed by atoms with Crippen molar-refractivity contribution >= 4 is 23.5 Å². The van der Waals surface area contributed by atoms with Crippen LogP contribution in [0.5, 0.6) is 0 Å². The monoisotopic (exact) mass is 226 g/mol. The van der Waals surface area contributed by atoms with E-state index in [4.69, 9.17) is 10.2 Å². The van der Waals surface area contributed by atoms with E-state index in [1.54, 1.807) is 0 Å². The van der Waals surface area contributed by atoms with Crippen molar-refractivity contribution in [2.75, 3.05) is 0 Å². The molecule has 0 heterocycles. The van der Waals surface area contributed by atoms with Crippen LogP contribution in [-0.2, 0) is 19.2 Å². The highest BCUT2D eigenvalue weighted by Gasteiger charge is 2.00. The largest absolute Gasteiger partial charge is 0.481 e. The topological polar surface area (TPSA) is 109 Å². The highest BCUT2D eigenvalue weighted by atomic mass is 16.4. The molecule has 1 aliphatic rings. The molecule has 0 aliphatic heterocycles. The minimum absolute atomic E-state index is 0.121. The van der Waals surface area contributed by atoms with Crippen molar-refractivity contribution in [3.05, 3.63) is 24.3 Å². The molecule has 0 amide bonds. The minimum atomic E-state index is -1.08. The van der Waals surface area contributed by atoms with Crippen LogP contribution in [0.3, 0.4) is 0 Å². The average Bonchev–Trinajstić information content (AvgIpc) is 2.20. The first-order chi connectivity index (χ1) is 7.41. The van der Waals surface area contributed by atoms with Gasteiger partial charge in [-0.25, -0.2) is 0 Å². The second-order valence-electron chi connectivity index (χ2n) is 2.76. The van der Waals surface area contributed by atoms with Crippen LogP contribution < -0.4 is 0 Å². The van der Waals surface area contributed by atoms with Crippen molar-refractivity contribution in [3.63, 3.8) is 0 Å². The Balaban J connectivity index is 0.000000281. The van der Waals surface area contributed by atoms with Crippen LogP contribution in [0.2, 0.25) is 0 Å². The smallest absolute Gasteiger partial charge is 0.303 e. The number of carbonyl (C=O) groups is 4. The summed E-state index contributed by atoms with van der Waals surface area (Å²) in [5.41, 5.74) is 0. The van der Waals surface area contributed by atoms with Gasteiger partial charge in [-0.3, -0.25) is 19.2 Å². The van der Waals surface area contributed by atoms with Gasteiger partial charge in [0.25, 0.3) is 0 Å². The Kier molecular flexibility index (Phi) is 6.11. The number of carbonyl (C=O) groups excluding carboxylic acids is 2. The van der Waals surface area contributed by atoms with E-state index in [9.17, 15) is 19.2 Å². The number of hydrogen-bond acceptors (Lipinski definition) is 4. The molecule has 0 aromatic carbocycles. The van der Waals surface area contributed by atoms with Gasteiger partial charge in [0.15, 0.2) is 11.6 Å². The molecule has 1 rings (SSSR count). The van der Waals surface area contributed by atoms with E-state index in [0.717, 1.165) is 0 Å². The van der Waals surface area contributed by atoms with E-state index in [1.165, 1.54) is 24.3 Å². The molecule has 6 heteroatoms. The maximum atomic E-state index is 10.3. The third-order valence-electron chi connectivity index (χ3n) is 1.38. The molecule has 0 saturated heterocycles. The molecule has 16 heavy (non-hydrogen) atoms. The summed E-state index contributed by atoms with van der Waals surface area (Å²) in [6.45, 7) is 0. The van der Waals surface area contributed by atoms with Gasteiger partial charge < -0.3 is 10.2 Å². The molecule has 6 nitrogen and oxygen atoms in total. The quantitative estimate of drug-likeness (QED) is 0.664. The van der Waals surface area contributed by atoms with E-state index in [0.29, 0.717) is 0 Å². The normalized spacial score (nSPS) is 13.0. The summed E-state index contributed by atoms with van der Waals surface area (Å²) in [5, 5.41) is 15.8. The van der Waals surface area contributed by atoms with Gasteiger partial charge in [0.05, 0.1) is 12.8 Å². The first-order valence-corrected chi connectivity index (χ1v) is 4.29. The van der Waals surface area contributed by atoms with Crippen molar-refractivity contribution in [1.29, 1.82) is 0 Å². The van der Waals surface area contributed by atoms with Crippen molar-refractivity contribution in [3.8, 4) is 0 Å². The van der Waals surface area contributed by atoms with E-state index in [-0.39, 0.29) is 24.4 Å². The second kappa shape index (κ2) is 7.10. The Morgan fingerprint density at radius 1 is 0.812 bits per heavy atom. The van der Waals surface area contributed by atoms with Gasteiger partial charge in [-0.05, 0) is 24.3 Å². The van der Waals surface area contributed by atoms with Crippen LogP contribution in [0.15, 0.2) is 24.3 Å². The van der Waals surface area contributed by atoms with Gasteiger partial charge in [0.1, 0.15) is 0 Å². The summed E-state index contributed by atoms with van der Waals surface area (Å²) >= 11 is 0. The van der Waals surface area contributed by atoms with E-state index >= 15 is 0 Å². The Hall–Kier alpha value is -2.24. The first-order valence-electron chi connectivity index (χ1n) is 4.29. The van der Waals surface area contributed by atoms with Crippen LogP contribution in [0, 0.1) is 0 Å². The van der Waals surface area contributed by atoms with Gasteiger partial charge in [0.2, 0.25) is 0 Å². The summed E-state index contributed by atoms with van der Waals surface area (Å²) in [6.07, 6.45) is 4.42. The predicted octanol–water partition coefficient (Wildman–Crippen LogP) is 0.186. The van der Waals surface area contributed by atoms with E-state index in [1.807, 2.05) is 0 Å². The molecule has 0 fully saturated rings. The lowest BCUT2D eigenvalue weighted by molar-refractivity contribution is -0.143. The number of rotatable bonds is 3. The molecule has 86 valence electrons. The van der Waals surface area contributed by atoms with Crippen LogP contribution in [0.1, 0.15) is 12.8 Å². The molecule has 0 spiro atoms. The van der Waals surface area contributed by atoms with Crippen molar-refractivity contribution in [2.24, 2.45) is 0 Å². The Labute approximate surface area is 90.9 Å². The maximum Gasteiger partial charge on any atom is 0.303 e. The lowest BCUT2D eigenvalue weighted by Gasteiger charge is -1.87. The number of allylic oxidation sites excluding steroid dienone is 4. The van der Waals surface area contributed by atoms with E-state index < -0.39 is 11.9 Å². The van der Waals surface area contributed by atoms with Crippen molar-refractivity contribution in [2.45, 2.75) is 12.8 Å². The molecule has 0 unspecified atom stereocenters. The third kappa shape index (κ3) is 8.36. The van der Waals surface area contributed by atoms with Crippen LogP contribution in [0.4, 0.5) is 0 Å². The fourth-order valence-corrected chi connectivity index (χ4v) is 0.654. The van der Waals surface area contributed by atoms with E-state index in [2.05, 4.69) is 0 Å². The molecule has 0 aromatic rings. The molecule has 0 atom stereocenters. The molecular weight excluding hydrogens is 216 g/mol. The standard InChI is InChI=1S/C6H4O2.C4H6O4/c7-5-1-2-6(8)4-3-5;5-3(6)1-2-4(7)8/h1-4H;1-2H2,(H,5,6)(H,7,8). The number of aliphatic carboxylic acids is 2. The fourth-order valence-electron chi connectivity index (χ4n) is 0.654. The average molecular weight is 226 g/mol. The zero-order chi connectivity index (χ0) is 12.6. The predicted molar refractivity (Wildman–Crippen MR) is 52.8 cm³/mol. The Morgan fingerprint density at radius 3 is 1.25 bits per heavy atom. The van der Waals surface area contributed by atoms with Crippen molar-refractivity contribution in [1.82, 2.24) is 0 Å². The van der Waals surface area contributed by atoms with Gasteiger partial charge in [-0.2, -0.15) is 0 Å². The molecular formula is C10H10O6. The van der Waals surface area contributed by atoms with Gasteiger partial charge in [-0.15, -0.1) is 0 Å². The molecule has 2 N–H and O–H groups in total. The zero-order valence-corrected chi connectivity index (χ0v) is 8.25. The summed E-state index contributed by atoms with van der Waals surface area (Å²) in [7, 11) is 0. The summed E-state index contributed by atoms with van der Waals surface area (Å²) < 4.78 is 0. The van der Waals surface area contributed by atoms with Gasteiger partial charge in [0, 0.05) is 0 Å². The Bertz CT molecular complexity index is 312. The zero-order valence-electron chi connectivity index (χ0n) is 8.25. The highest BCUT2D eigenvalue weighted by molar-refractivity contribution is 6.14. The highest BCUT2D eigenvalue weighted by Crippen LogP contribution is 1.90. The van der Waals surface area contributed by atoms with Gasteiger partial charge >= 0.3 is 11.9 Å². The summed E-state index contributed by atoms with van der Waals surface area (Å²) in [5.74, 6) is -2.39.